The molecule has 1 amide bonds. The monoisotopic (exact) mass is 338 g/mol. The van der Waals surface area contributed by atoms with E-state index in [0.717, 1.165) is 23.9 Å². The van der Waals surface area contributed by atoms with Crippen LogP contribution in [-0.4, -0.2) is 11.1 Å². The second-order valence-electron chi connectivity index (χ2n) is 4.65. The maximum absolute atomic E-state index is 12.7. The Morgan fingerprint density at radius 2 is 2.00 bits per heavy atom. The van der Waals surface area contributed by atoms with Gasteiger partial charge in [-0.25, -0.2) is 0 Å². The number of benzene rings is 1. The number of nitrogens with zero attached hydrogens (tertiary/aromatic N) is 1. The molecule has 0 spiro atoms. The van der Waals surface area contributed by atoms with Crippen LogP contribution in [0, 0.1) is 0 Å². The SMILES string of the molecule is NC1=NC(=O)S/C1=C\c1ccc(-c2cccc(C(F)(F)F)c2)o1. The summed E-state index contributed by atoms with van der Waals surface area (Å²) in [7, 11) is 0. The second kappa shape index (κ2) is 5.62. The largest absolute Gasteiger partial charge is 0.457 e. The van der Waals surface area contributed by atoms with Crippen LogP contribution in [-0.2, 0) is 6.18 Å². The lowest BCUT2D eigenvalue weighted by Gasteiger charge is -2.07. The summed E-state index contributed by atoms with van der Waals surface area (Å²) in [6.45, 7) is 0. The molecule has 2 N–H and O–H groups in total. The first-order chi connectivity index (χ1) is 10.8. The predicted octanol–water partition coefficient (Wildman–Crippen LogP) is 4.53. The van der Waals surface area contributed by atoms with Crippen molar-refractivity contribution in [3.05, 3.63) is 52.6 Å². The number of amidine groups is 1. The van der Waals surface area contributed by atoms with Crippen LogP contribution < -0.4 is 5.73 Å². The van der Waals surface area contributed by atoms with Gasteiger partial charge >= 0.3 is 11.4 Å². The molecule has 0 bridgehead atoms. The van der Waals surface area contributed by atoms with Crippen molar-refractivity contribution in [1.29, 1.82) is 0 Å². The molecule has 0 unspecified atom stereocenters. The van der Waals surface area contributed by atoms with Crippen molar-refractivity contribution >= 4 is 28.9 Å². The van der Waals surface area contributed by atoms with Crippen LogP contribution in [0.3, 0.4) is 0 Å². The molecule has 0 fully saturated rings. The molecule has 2 aromatic rings. The normalized spacial score (nSPS) is 16.9. The first kappa shape index (κ1) is 15.4. The van der Waals surface area contributed by atoms with Gasteiger partial charge in [-0.1, -0.05) is 12.1 Å². The van der Waals surface area contributed by atoms with Gasteiger partial charge in [0.15, 0.2) is 0 Å². The smallest absolute Gasteiger partial charge is 0.416 e. The van der Waals surface area contributed by atoms with E-state index in [1.54, 1.807) is 12.1 Å². The van der Waals surface area contributed by atoms with E-state index in [9.17, 15) is 18.0 Å². The molecule has 8 heteroatoms. The van der Waals surface area contributed by atoms with Gasteiger partial charge in [-0.15, -0.1) is 0 Å². The number of rotatable bonds is 2. The van der Waals surface area contributed by atoms with E-state index in [1.165, 1.54) is 18.2 Å². The zero-order valence-corrected chi connectivity index (χ0v) is 12.2. The van der Waals surface area contributed by atoms with Crippen LogP contribution in [0.4, 0.5) is 18.0 Å². The van der Waals surface area contributed by atoms with Crippen LogP contribution in [0.25, 0.3) is 17.4 Å². The molecule has 1 aliphatic rings. The predicted molar refractivity (Wildman–Crippen MR) is 81.7 cm³/mol. The lowest BCUT2D eigenvalue weighted by molar-refractivity contribution is -0.137. The molecule has 1 aromatic heterocycles. The highest BCUT2D eigenvalue weighted by Gasteiger charge is 2.30. The summed E-state index contributed by atoms with van der Waals surface area (Å²) in [5.74, 6) is 0.748. The topological polar surface area (TPSA) is 68.6 Å². The molecule has 0 atom stereocenters. The second-order valence-corrected chi connectivity index (χ2v) is 5.65. The van der Waals surface area contributed by atoms with Gasteiger partial charge in [0.25, 0.3) is 0 Å². The molecular weight excluding hydrogens is 329 g/mol. The Bertz CT molecular complexity index is 837. The Kier molecular flexibility index (Phi) is 3.77. The van der Waals surface area contributed by atoms with Crippen molar-refractivity contribution in [2.24, 2.45) is 10.7 Å². The van der Waals surface area contributed by atoms with E-state index in [1.807, 2.05) is 0 Å². The number of halogens is 3. The zero-order chi connectivity index (χ0) is 16.6. The molecule has 0 saturated heterocycles. The zero-order valence-electron chi connectivity index (χ0n) is 11.4. The average molecular weight is 338 g/mol. The molecule has 118 valence electrons. The number of hydrogen-bond donors (Lipinski definition) is 1. The van der Waals surface area contributed by atoms with Gasteiger partial charge in [0.05, 0.1) is 10.5 Å². The number of carbonyl (C=O) groups is 1. The van der Waals surface area contributed by atoms with E-state index < -0.39 is 17.0 Å². The fraction of sp³-hybridized carbons (Fsp3) is 0.0667. The molecule has 2 heterocycles. The van der Waals surface area contributed by atoms with Crippen LogP contribution >= 0.6 is 11.8 Å². The van der Waals surface area contributed by atoms with Crippen LogP contribution in [0.15, 0.2) is 50.7 Å². The third-order valence-electron chi connectivity index (χ3n) is 3.04. The number of alkyl halides is 3. The average Bonchev–Trinajstić information content (AvgIpc) is 3.06. The first-order valence-electron chi connectivity index (χ1n) is 6.38. The van der Waals surface area contributed by atoms with Gasteiger partial charge in [-0.3, -0.25) is 4.79 Å². The van der Waals surface area contributed by atoms with Gasteiger partial charge < -0.3 is 10.2 Å². The van der Waals surface area contributed by atoms with Crippen LogP contribution in [0.2, 0.25) is 0 Å². The minimum absolute atomic E-state index is 0.0945. The van der Waals surface area contributed by atoms with Crippen molar-refractivity contribution in [3.63, 3.8) is 0 Å². The van der Waals surface area contributed by atoms with Crippen molar-refractivity contribution in [1.82, 2.24) is 0 Å². The Hall–Kier alpha value is -2.48. The van der Waals surface area contributed by atoms with E-state index in [2.05, 4.69) is 4.99 Å². The Morgan fingerprint density at radius 1 is 1.22 bits per heavy atom. The Balaban J connectivity index is 1.90. The molecular formula is C15H9F3N2O2S. The van der Waals surface area contributed by atoms with E-state index in [0.29, 0.717) is 16.2 Å². The maximum atomic E-state index is 12.7. The minimum atomic E-state index is -4.42. The number of thioether (sulfide) groups is 1. The third-order valence-corrected chi connectivity index (χ3v) is 3.85. The van der Waals surface area contributed by atoms with Gasteiger partial charge in [-0.2, -0.15) is 18.2 Å². The van der Waals surface area contributed by atoms with Crippen LogP contribution in [0.1, 0.15) is 11.3 Å². The number of furan rings is 1. The standard InChI is InChI=1S/C15H9F3N2O2S/c16-15(17,18)9-3-1-2-8(6-9)11-5-4-10(22-11)7-12-13(19)20-14(21)23-12/h1-7H,(H2,19,20,21)/b12-7-. The maximum Gasteiger partial charge on any atom is 0.416 e. The summed E-state index contributed by atoms with van der Waals surface area (Å²) in [5.41, 5.74) is 5.13. The van der Waals surface area contributed by atoms with Gasteiger partial charge in [0.1, 0.15) is 17.4 Å². The molecule has 23 heavy (non-hydrogen) atoms. The Labute approximate surface area is 132 Å². The number of aliphatic imine (C=N–C) groups is 1. The third kappa shape index (κ3) is 3.31. The van der Waals surface area contributed by atoms with Crippen molar-refractivity contribution in [2.75, 3.05) is 0 Å². The number of carbonyl (C=O) groups excluding carboxylic acids is 1. The van der Waals surface area contributed by atoms with E-state index in [4.69, 9.17) is 10.2 Å². The van der Waals surface area contributed by atoms with Crippen molar-refractivity contribution in [2.45, 2.75) is 6.18 Å². The molecule has 3 rings (SSSR count). The van der Waals surface area contributed by atoms with Gasteiger partial charge in [-0.05, 0) is 42.1 Å². The summed E-state index contributed by atoms with van der Waals surface area (Å²) in [6, 6.07) is 7.98. The molecule has 0 saturated carbocycles. The summed E-state index contributed by atoms with van der Waals surface area (Å²) in [6.07, 6.45) is -2.90. The molecule has 1 aliphatic heterocycles. The Morgan fingerprint density at radius 3 is 2.65 bits per heavy atom. The lowest BCUT2D eigenvalue weighted by atomic mass is 10.1. The highest BCUT2D eigenvalue weighted by Crippen LogP contribution is 2.33. The molecule has 0 radical (unpaired) electrons. The summed E-state index contributed by atoms with van der Waals surface area (Å²) in [5, 5.41) is -0.418. The highest BCUT2D eigenvalue weighted by molar-refractivity contribution is 8.18. The fourth-order valence-electron chi connectivity index (χ4n) is 1.99. The quantitative estimate of drug-likeness (QED) is 0.873. The molecule has 4 nitrogen and oxygen atoms in total. The van der Waals surface area contributed by atoms with Crippen LogP contribution in [0.5, 0.6) is 0 Å². The van der Waals surface area contributed by atoms with E-state index in [-0.39, 0.29) is 11.6 Å². The summed E-state index contributed by atoms with van der Waals surface area (Å²) >= 11 is 0.864. The van der Waals surface area contributed by atoms with Gasteiger partial charge in [0.2, 0.25) is 0 Å². The molecule has 0 aliphatic carbocycles. The summed E-state index contributed by atoms with van der Waals surface area (Å²) in [4.78, 5) is 15.1. The first-order valence-corrected chi connectivity index (χ1v) is 7.20. The summed E-state index contributed by atoms with van der Waals surface area (Å²) < 4.78 is 43.7. The van der Waals surface area contributed by atoms with Gasteiger partial charge in [0, 0.05) is 5.56 Å². The number of amides is 1. The minimum Gasteiger partial charge on any atom is -0.457 e. The van der Waals surface area contributed by atoms with E-state index >= 15 is 0 Å². The van der Waals surface area contributed by atoms with Crippen molar-refractivity contribution < 1.29 is 22.4 Å². The van der Waals surface area contributed by atoms with Crippen molar-refractivity contribution in [3.8, 4) is 11.3 Å². The number of nitrogens with two attached hydrogens (primary N) is 1. The highest BCUT2D eigenvalue weighted by atomic mass is 32.2. The fourth-order valence-corrected chi connectivity index (χ4v) is 2.65. The lowest BCUT2D eigenvalue weighted by Crippen LogP contribution is -2.08. The number of hydrogen-bond acceptors (Lipinski definition) is 4. The molecule has 1 aromatic carbocycles.